The maximum atomic E-state index is 13.4. The van der Waals surface area contributed by atoms with Gasteiger partial charge < -0.3 is 15.0 Å². The Balaban J connectivity index is 1.46. The Labute approximate surface area is 225 Å². The molecule has 1 saturated heterocycles. The van der Waals surface area contributed by atoms with Crippen LogP contribution in [0.5, 0.6) is 0 Å². The number of amides is 1. The van der Waals surface area contributed by atoms with Crippen molar-refractivity contribution in [2.75, 3.05) is 18.4 Å². The first-order chi connectivity index (χ1) is 18.0. The van der Waals surface area contributed by atoms with Crippen LogP contribution in [0.25, 0.3) is 22.3 Å². The first-order valence-corrected chi connectivity index (χ1v) is 13.9. The second-order valence-electron chi connectivity index (χ2n) is 9.98. The number of carbonyl (C=O) groups is 1. The summed E-state index contributed by atoms with van der Waals surface area (Å²) in [6, 6.07) is 11.6. The van der Waals surface area contributed by atoms with E-state index < -0.39 is 15.6 Å². The molecule has 1 aromatic carbocycles. The van der Waals surface area contributed by atoms with Crippen LogP contribution >= 0.6 is 11.6 Å². The van der Waals surface area contributed by atoms with Crippen LogP contribution in [-0.4, -0.2) is 63.1 Å². The summed E-state index contributed by atoms with van der Waals surface area (Å²) in [5.74, 6) is 0.316. The first kappa shape index (κ1) is 25.9. The highest BCUT2D eigenvalue weighted by Crippen LogP contribution is 2.35. The number of hydrogen-bond donors (Lipinski definition) is 1. The molecule has 1 N–H and O–H groups in total. The number of carbonyl (C=O) groups excluding carboxylic acids is 1. The molecule has 3 aromatic heterocycles. The van der Waals surface area contributed by atoms with Gasteiger partial charge in [-0.3, -0.25) is 0 Å². The SMILES string of the molecule is CC(C)(C)OC(=O)N1CC[C@@H](Nc2ncc(Cl)c(-c3cn(S(=O)(=O)c4ccccc4)c4ncccc34)n2)C1. The molecule has 0 bridgehead atoms. The number of ether oxygens (including phenoxy) is 1. The second kappa shape index (κ2) is 9.88. The van der Waals surface area contributed by atoms with Gasteiger partial charge in [-0.15, -0.1) is 0 Å². The van der Waals surface area contributed by atoms with Crippen molar-refractivity contribution in [3.63, 3.8) is 0 Å². The highest BCUT2D eigenvalue weighted by atomic mass is 35.5. The number of aromatic nitrogens is 4. The summed E-state index contributed by atoms with van der Waals surface area (Å²) >= 11 is 6.51. The maximum Gasteiger partial charge on any atom is 0.410 e. The zero-order chi connectivity index (χ0) is 27.1. The van der Waals surface area contributed by atoms with Crippen LogP contribution in [0.4, 0.5) is 10.7 Å². The van der Waals surface area contributed by atoms with Crippen molar-refractivity contribution in [2.24, 2.45) is 0 Å². The molecule has 38 heavy (non-hydrogen) atoms. The molecule has 1 aliphatic heterocycles. The molecule has 0 spiro atoms. The van der Waals surface area contributed by atoms with Gasteiger partial charge in [0.1, 0.15) is 5.60 Å². The minimum Gasteiger partial charge on any atom is -0.444 e. The largest absolute Gasteiger partial charge is 0.444 e. The normalized spacial score (nSPS) is 16.1. The van der Waals surface area contributed by atoms with Crippen LogP contribution in [0, 0.1) is 0 Å². The number of benzene rings is 1. The van der Waals surface area contributed by atoms with E-state index in [1.54, 1.807) is 35.2 Å². The summed E-state index contributed by atoms with van der Waals surface area (Å²) in [5, 5.41) is 4.11. The molecule has 198 valence electrons. The molecular weight excluding hydrogens is 528 g/mol. The Morgan fingerprint density at radius 2 is 1.89 bits per heavy atom. The number of likely N-dealkylation sites (tertiary alicyclic amines) is 1. The number of anilines is 1. The van der Waals surface area contributed by atoms with Crippen molar-refractivity contribution in [1.82, 2.24) is 23.8 Å². The highest BCUT2D eigenvalue weighted by molar-refractivity contribution is 7.90. The minimum atomic E-state index is -3.92. The zero-order valence-corrected chi connectivity index (χ0v) is 22.7. The lowest BCUT2D eigenvalue weighted by Gasteiger charge is -2.24. The summed E-state index contributed by atoms with van der Waals surface area (Å²) in [4.78, 5) is 27.5. The Morgan fingerprint density at radius 1 is 1.13 bits per heavy atom. The smallest absolute Gasteiger partial charge is 0.410 e. The fourth-order valence-corrected chi connectivity index (χ4v) is 5.83. The van der Waals surface area contributed by atoms with Crippen LogP contribution < -0.4 is 5.32 Å². The lowest BCUT2D eigenvalue weighted by Crippen LogP contribution is -2.36. The Kier molecular flexibility index (Phi) is 6.74. The first-order valence-electron chi connectivity index (χ1n) is 12.1. The monoisotopic (exact) mass is 554 g/mol. The van der Waals surface area contributed by atoms with Crippen molar-refractivity contribution < 1.29 is 17.9 Å². The van der Waals surface area contributed by atoms with E-state index in [1.807, 2.05) is 20.8 Å². The quantitative estimate of drug-likeness (QED) is 0.373. The van der Waals surface area contributed by atoms with E-state index >= 15 is 0 Å². The molecule has 1 amide bonds. The number of fused-ring (bicyclic) bond motifs is 1. The molecule has 1 atom stereocenters. The Hall–Kier alpha value is -3.70. The Morgan fingerprint density at radius 3 is 2.63 bits per heavy atom. The molecule has 12 heteroatoms. The average molecular weight is 555 g/mol. The summed E-state index contributed by atoms with van der Waals surface area (Å²) in [6.07, 6.45) is 4.82. The third kappa shape index (κ3) is 5.16. The fraction of sp³-hybridized carbons (Fsp3) is 0.308. The lowest BCUT2D eigenvalue weighted by atomic mass is 10.1. The molecule has 4 aromatic rings. The van der Waals surface area contributed by atoms with E-state index in [0.717, 1.165) is 3.97 Å². The molecular formula is C26H27ClN6O4S. The number of nitrogens with one attached hydrogen (secondary N) is 1. The van der Waals surface area contributed by atoms with Crippen LogP contribution in [0.15, 0.2) is 66.0 Å². The van der Waals surface area contributed by atoms with Crippen LogP contribution in [0.2, 0.25) is 5.02 Å². The van der Waals surface area contributed by atoms with E-state index in [4.69, 9.17) is 16.3 Å². The predicted molar refractivity (Wildman–Crippen MR) is 145 cm³/mol. The molecule has 5 rings (SSSR count). The van der Waals surface area contributed by atoms with Gasteiger partial charge in [-0.2, -0.15) is 0 Å². The zero-order valence-electron chi connectivity index (χ0n) is 21.1. The third-order valence-corrected chi connectivity index (χ3v) is 7.95. The summed E-state index contributed by atoms with van der Waals surface area (Å²) in [7, 11) is -3.92. The van der Waals surface area contributed by atoms with Gasteiger partial charge in [-0.05, 0) is 51.5 Å². The van der Waals surface area contributed by atoms with E-state index in [-0.39, 0.29) is 27.7 Å². The van der Waals surface area contributed by atoms with Gasteiger partial charge >= 0.3 is 6.09 Å². The van der Waals surface area contributed by atoms with Crippen molar-refractivity contribution in [3.8, 4) is 11.3 Å². The predicted octanol–water partition coefficient (Wildman–Crippen LogP) is 4.81. The topological polar surface area (TPSA) is 119 Å². The average Bonchev–Trinajstić information content (AvgIpc) is 3.50. The van der Waals surface area contributed by atoms with Gasteiger partial charge in [0.2, 0.25) is 5.95 Å². The van der Waals surface area contributed by atoms with Crippen molar-refractivity contribution in [1.29, 1.82) is 0 Å². The molecule has 0 unspecified atom stereocenters. The Bertz CT molecular complexity index is 1600. The van der Waals surface area contributed by atoms with Crippen molar-refractivity contribution in [3.05, 3.63) is 66.1 Å². The van der Waals surface area contributed by atoms with Gasteiger partial charge in [0, 0.05) is 42.5 Å². The summed E-state index contributed by atoms with van der Waals surface area (Å²) in [5.41, 5.74) is 0.564. The van der Waals surface area contributed by atoms with Gasteiger partial charge in [-0.25, -0.2) is 32.1 Å². The van der Waals surface area contributed by atoms with Gasteiger partial charge in [0.25, 0.3) is 10.0 Å². The molecule has 1 aliphatic rings. The number of rotatable bonds is 5. The van der Waals surface area contributed by atoms with Crippen LogP contribution in [0.3, 0.4) is 0 Å². The van der Waals surface area contributed by atoms with Crippen molar-refractivity contribution in [2.45, 2.75) is 43.7 Å². The van der Waals surface area contributed by atoms with E-state index in [9.17, 15) is 13.2 Å². The minimum absolute atomic E-state index is 0.0852. The summed E-state index contributed by atoms with van der Waals surface area (Å²) < 4.78 is 33.5. The molecule has 0 radical (unpaired) electrons. The van der Waals surface area contributed by atoms with Gasteiger partial charge in [-0.1, -0.05) is 29.8 Å². The van der Waals surface area contributed by atoms with E-state index in [0.29, 0.717) is 42.1 Å². The van der Waals surface area contributed by atoms with Crippen LogP contribution in [-0.2, 0) is 14.8 Å². The van der Waals surface area contributed by atoms with Crippen molar-refractivity contribution >= 4 is 44.7 Å². The van der Waals surface area contributed by atoms with Gasteiger partial charge in [0.05, 0.1) is 21.8 Å². The number of hydrogen-bond acceptors (Lipinski definition) is 8. The number of halogens is 1. The van der Waals surface area contributed by atoms with E-state index in [2.05, 4.69) is 20.3 Å². The van der Waals surface area contributed by atoms with E-state index in [1.165, 1.54) is 30.7 Å². The molecule has 0 aliphatic carbocycles. The molecule has 10 nitrogen and oxygen atoms in total. The fourth-order valence-electron chi connectivity index (χ4n) is 4.29. The summed E-state index contributed by atoms with van der Waals surface area (Å²) in [6.45, 7) is 6.48. The third-order valence-electron chi connectivity index (χ3n) is 6.00. The number of pyridine rings is 1. The van der Waals surface area contributed by atoms with Crippen LogP contribution in [0.1, 0.15) is 27.2 Å². The molecule has 1 fully saturated rings. The molecule has 0 saturated carbocycles. The number of nitrogens with zero attached hydrogens (tertiary/aromatic N) is 5. The molecule has 4 heterocycles. The lowest BCUT2D eigenvalue weighted by molar-refractivity contribution is 0.0293. The van der Waals surface area contributed by atoms with Gasteiger partial charge in [0.15, 0.2) is 5.65 Å². The maximum absolute atomic E-state index is 13.4. The second-order valence-corrected chi connectivity index (χ2v) is 12.2. The highest BCUT2D eigenvalue weighted by Gasteiger charge is 2.30. The standard InChI is InChI=1S/C26H27ClN6O4S/c1-26(2,3)37-25(34)32-13-11-17(15-32)30-24-29-14-21(27)22(31-24)20-16-33(23-19(20)10-7-12-28-23)38(35,36)18-8-5-4-6-9-18/h4-10,12,14,16-17H,11,13,15H2,1-3H3,(H,29,30,31)/t17-/m1/s1.